The highest BCUT2D eigenvalue weighted by Gasteiger charge is 2.33. The number of carbonyl (C=O) groups is 1. The topological polar surface area (TPSA) is 29.4 Å². The predicted molar refractivity (Wildman–Crippen MR) is 96.6 cm³/mol. The molecule has 3 rings (SSSR count). The van der Waals surface area contributed by atoms with E-state index >= 15 is 0 Å². The monoisotopic (exact) mass is 389 g/mol. The van der Waals surface area contributed by atoms with E-state index in [0.717, 1.165) is 61.1 Å². The first-order valence-electron chi connectivity index (χ1n) is 6.92. The third-order valence-corrected chi connectivity index (χ3v) is 5.70. The molecule has 106 valence electrons. The van der Waals surface area contributed by atoms with Crippen LogP contribution in [-0.2, 0) is 0 Å². The number of hydrogen-bond donors (Lipinski definition) is 0. The summed E-state index contributed by atoms with van der Waals surface area (Å²) in [6.07, 6.45) is 5.88. The minimum absolute atomic E-state index is 0.101. The zero-order valence-electron chi connectivity index (χ0n) is 12.2. The van der Waals surface area contributed by atoms with Gasteiger partial charge in [-0.05, 0) is 78.3 Å². The summed E-state index contributed by atoms with van der Waals surface area (Å²) < 4.78 is 1.06. The van der Waals surface area contributed by atoms with Gasteiger partial charge in [0, 0.05) is 20.3 Å². The van der Waals surface area contributed by atoms with Crippen LogP contribution < -0.4 is 0 Å². The van der Waals surface area contributed by atoms with Crippen LogP contribution in [0.4, 0.5) is 5.69 Å². The van der Waals surface area contributed by atoms with Crippen LogP contribution in [-0.4, -0.2) is 12.5 Å². The number of fused-ring (bicyclic) bond motifs is 1. The van der Waals surface area contributed by atoms with E-state index in [1.807, 2.05) is 19.9 Å². The molecule has 0 aliphatic heterocycles. The Morgan fingerprint density at radius 3 is 2.62 bits per heavy atom. The maximum absolute atomic E-state index is 12.9. The zero-order chi connectivity index (χ0) is 15.3. The number of allylic oxidation sites excluding steroid dienone is 5. The van der Waals surface area contributed by atoms with Crippen molar-refractivity contribution in [3.63, 3.8) is 0 Å². The highest BCUT2D eigenvalue weighted by Crippen LogP contribution is 2.45. The summed E-state index contributed by atoms with van der Waals surface area (Å²) in [6, 6.07) is 0. The van der Waals surface area contributed by atoms with E-state index in [-0.39, 0.29) is 5.78 Å². The third-order valence-electron chi connectivity index (χ3n) is 4.35. The standard InChI is InChI=1S/C18H16INO/c1-9-12-7-5-6-8-13(12)18(21)15-10(2)17(20-4)11(3)16(19)14(9)15/h6,8H,1,4-5,7H2,2-3H3. The molecule has 0 aromatic heterocycles. The number of rotatable bonds is 1. The summed E-state index contributed by atoms with van der Waals surface area (Å²) >= 11 is 2.30. The highest BCUT2D eigenvalue weighted by atomic mass is 127. The van der Waals surface area contributed by atoms with Crippen LogP contribution in [0, 0.1) is 17.4 Å². The van der Waals surface area contributed by atoms with Gasteiger partial charge in [-0.25, -0.2) is 0 Å². The van der Waals surface area contributed by atoms with Crippen molar-refractivity contribution in [3.8, 4) is 0 Å². The molecule has 0 saturated carbocycles. The number of benzene rings is 1. The van der Waals surface area contributed by atoms with Crippen LogP contribution in [0.5, 0.6) is 0 Å². The van der Waals surface area contributed by atoms with E-state index in [9.17, 15) is 4.79 Å². The van der Waals surface area contributed by atoms with Crippen molar-refractivity contribution in [1.82, 2.24) is 0 Å². The first-order chi connectivity index (χ1) is 9.99. The first-order valence-corrected chi connectivity index (χ1v) is 8.00. The number of aliphatic imine (C=N–C) groups is 1. The molecule has 0 radical (unpaired) electrons. The minimum atomic E-state index is 0.101. The molecule has 0 fully saturated rings. The van der Waals surface area contributed by atoms with Crippen LogP contribution in [0.2, 0.25) is 0 Å². The molecule has 2 nitrogen and oxygen atoms in total. The predicted octanol–water partition coefficient (Wildman–Crippen LogP) is 5.10. The number of hydrogen-bond acceptors (Lipinski definition) is 2. The average Bonchev–Trinajstić information content (AvgIpc) is 2.49. The van der Waals surface area contributed by atoms with Crippen molar-refractivity contribution >= 4 is 46.4 Å². The van der Waals surface area contributed by atoms with Gasteiger partial charge in [-0.3, -0.25) is 9.79 Å². The fourth-order valence-corrected chi connectivity index (χ4v) is 4.12. The largest absolute Gasteiger partial charge is 0.289 e. The second kappa shape index (κ2) is 5.05. The Hall–Kier alpha value is -1.49. The molecule has 2 aliphatic rings. The normalized spacial score (nSPS) is 16.9. The summed E-state index contributed by atoms with van der Waals surface area (Å²) in [5.41, 5.74) is 7.46. The molecule has 0 unspecified atom stereocenters. The molecule has 2 aliphatic carbocycles. The van der Waals surface area contributed by atoms with Crippen molar-refractivity contribution in [2.45, 2.75) is 26.7 Å². The second-order valence-corrected chi connectivity index (χ2v) is 6.54. The molecule has 0 heterocycles. The number of ketones is 1. The Balaban J connectivity index is 2.41. The van der Waals surface area contributed by atoms with Crippen molar-refractivity contribution in [1.29, 1.82) is 0 Å². The van der Waals surface area contributed by atoms with Crippen molar-refractivity contribution in [3.05, 3.63) is 55.7 Å². The maximum Gasteiger partial charge on any atom is 0.194 e. The molecule has 0 N–H and O–H groups in total. The molecule has 0 spiro atoms. The van der Waals surface area contributed by atoms with Gasteiger partial charge in [0.1, 0.15) is 0 Å². The van der Waals surface area contributed by atoms with Gasteiger partial charge in [0.15, 0.2) is 5.78 Å². The lowest BCUT2D eigenvalue weighted by atomic mass is 9.76. The summed E-state index contributed by atoms with van der Waals surface area (Å²) in [6.45, 7) is 11.9. The number of halogens is 1. The van der Waals surface area contributed by atoms with E-state index in [2.05, 4.69) is 47.0 Å². The van der Waals surface area contributed by atoms with E-state index in [0.29, 0.717) is 0 Å². The van der Waals surface area contributed by atoms with Crippen LogP contribution >= 0.6 is 22.6 Å². The summed E-state index contributed by atoms with van der Waals surface area (Å²) in [4.78, 5) is 17.1. The molecule has 0 saturated heterocycles. The smallest absolute Gasteiger partial charge is 0.194 e. The van der Waals surface area contributed by atoms with Crippen molar-refractivity contribution in [2.75, 3.05) is 0 Å². The van der Waals surface area contributed by atoms with E-state index in [4.69, 9.17) is 0 Å². The molecule has 3 heteroatoms. The molecule has 1 aromatic carbocycles. The fourth-order valence-electron chi connectivity index (χ4n) is 3.27. The molecular formula is C18H16INO. The molecular weight excluding hydrogens is 373 g/mol. The fraction of sp³-hybridized carbons (Fsp3) is 0.222. The SMILES string of the molecule is C=Nc1c(C)c(I)c2c(c1C)C(=O)C1=C(CCC=C1)C2=C. The van der Waals surface area contributed by atoms with Gasteiger partial charge in [-0.1, -0.05) is 18.7 Å². The lowest BCUT2D eigenvalue weighted by Crippen LogP contribution is -2.19. The van der Waals surface area contributed by atoms with Crippen LogP contribution in [0.3, 0.4) is 0 Å². The van der Waals surface area contributed by atoms with E-state index in [1.165, 1.54) is 0 Å². The zero-order valence-corrected chi connectivity index (χ0v) is 14.4. The molecule has 0 amide bonds. The van der Waals surface area contributed by atoms with Gasteiger partial charge >= 0.3 is 0 Å². The van der Waals surface area contributed by atoms with Gasteiger partial charge in [0.25, 0.3) is 0 Å². The summed E-state index contributed by atoms with van der Waals surface area (Å²) in [5.74, 6) is 0.101. The summed E-state index contributed by atoms with van der Waals surface area (Å²) in [7, 11) is 0. The van der Waals surface area contributed by atoms with Crippen molar-refractivity contribution < 1.29 is 4.79 Å². The quantitative estimate of drug-likeness (QED) is 0.486. The molecule has 0 bridgehead atoms. The third kappa shape index (κ3) is 1.90. The van der Waals surface area contributed by atoms with Crippen molar-refractivity contribution in [2.24, 2.45) is 4.99 Å². The minimum Gasteiger partial charge on any atom is -0.289 e. The number of carbonyl (C=O) groups excluding carboxylic acids is 1. The lowest BCUT2D eigenvalue weighted by Gasteiger charge is -2.28. The number of Topliss-reactive ketones (excluding diaryl/α,β-unsaturated/α-hetero) is 1. The van der Waals surface area contributed by atoms with Gasteiger partial charge in [0.2, 0.25) is 0 Å². The summed E-state index contributed by atoms with van der Waals surface area (Å²) in [5, 5.41) is 0. The lowest BCUT2D eigenvalue weighted by molar-refractivity contribution is 0.103. The van der Waals surface area contributed by atoms with Crippen LogP contribution in [0.15, 0.2) is 34.9 Å². The van der Waals surface area contributed by atoms with Crippen LogP contribution in [0.1, 0.15) is 39.9 Å². The van der Waals surface area contributed by atoms with Gasteiger partial charge in [-0.15, -0.1) is 0 Å². The first kappa shape index (κ1) is 14.4. The number of nitrogens with zero attached hydrogens (tertiary/aromatic N) is 1. The Kier molecular flexibility index (Phi) is 3.48. The molecule has 1 aromatic rings. The second-order valence-electron chi connectivity index (χ2n) is 5.46. The van der Waals surface area contributed by atoms with Gasteiger partial charge in [0.05, 0.1) is 5.69 Å². The van der Waals surface area contributed by atoms with Gasteiger partial charge in [-0.2, -0.15) is 0 Å². The van der Waals surface area contributed by atoms with E-state index < -0.39 is 0 Å². The Labute approximate surface area is 138 Å². The Bertz CT molecular complexity index is 781. The van der Waals surface area contributed by atoms with Gasteiger partial charge < -0.3 is 0 Å². The Morgan fingerprint density at radius 2 is 1.95 bits per heavy atom. The highest BCUT2D eigenvalue weighted by molar-refractivity contribution is 14.1. The maximum atomic E-state index is 12.9. The molecule has 21 heavy (non-hydrogen) atoms. The van der Waals surface area contributed by atoms with Crippen LogP contribution in [0.25, 0.3) is 5.57 Å². The van der Waals surface area contributed by atoms with E-state index in [1.54, 1.807) is 0 Å². The Morgan fingerprint density at radius 1 is 1.24 bits per heavy atom. The average molecular weight is 389 g/mol. The molecule has 0 atom stereocenters.